The van der Waals surface area contributed by atoms with Gasteiger partial charge < -0.3 is 30.5 Å². The number of morpholine rings is 1. The molecule has 202 valence electrons. The Labute approximate surface area is 217 Å². The third-order valence-corrected chi connectivity index (χ3v) is 9.60. The third-order valence-electron chi connectivity index (χ3n) is 6.97. The van der Waals surface area contributed by atoms with Crippen LogP contribution in [-0.2, 0) is 19.3 Å². The van der Waals surface area contributed by atoms with Gasteiger partial charge in [0.1, 0.15) is 10.6 Å². The van der Waals surface area contributed by atoms with Gasteiger partial charge in [-0.15, -0.1) is 0 Å². The van der Waals surface area contributed by atoms with Gasteiger partial charge >= 0.3 is 6.03 Å². The summed E-state index contributed by atoms with van der Waals surface area (Å²) in [5, 5.41) is 23.3. The number of benzene rings is 1. The van der Waals surface area contributed by atoms with Crippen molar-refractivity contribution in [2.75, 3.05) is 55.5 Å². The lowest BCUT2D eigenvalue weighted by Crippen LogP contribution is -2.46. The zero-order valence-electron chi connectivity index (χ0n) is 21.0. The molecule has 1 aromatic carbocycles. The maximum absolute atomic E-state index is 13.4. The molecule has 1 aliphatic heterocycles. The first kappa shape index (κ1) is 27.2. The van der Waals surface area contributed by atoms with E-state index in [1.807, 2.05) is 13.0 Å². The Morgan fingerprint density at radius 1 is 1.19 bits per heavy atom. The number of hydrogen-bond donors (Lipinski definition) is 4. The molecule has 1 saturated heterocycles. The standard InChI is InChI=1S/C25H35N5O6S/c1-18-17-36-14-11-30(18)22-16-21(25(8-2-9-25)37(34,35)15-3-12-31)28-23(29-22)19-4-6-20(7-5-19)27-24(33)26-10-13-32/h4-7,16,18,31-32H,2-3,8-15,17H2,1H3,(H2,26,27,33)/t18-/m0/s1. The lowest BCUT2D eigenvalue weighted by molar-refractivity contribution is 0.0985. The van der Waals surface area contributed by atoms with E-state index in [0.29, 0.717) is 61.2 Å². The maximum atomic E-state index is 13.4. The number of aliphatic hydroxyl groups is 2. The van der Waals surface area contributed by atoms with Crippen molar-refractivity contribution in [3.63, 3.8) is 0 Å². The second kappa shape index (κ2) is 11.7. The number of rotatable bonds is 10. The van der Waals surface area contributed by atoms with Crippen LogP contribution in [0.25, 0.3) is 11.4 Å². The second-order valence-electron chi connectivity index (χ2n) is 9.48. The number of nitrogens with one attached hydrogen (secondary N) is 2. The topological polar surface area (TPSA) is 154 Å². The summed E-state index contributed by atoms with van der Waals surface area (Å²) < 4.78 is 31.4. The minimum absolute atomic E-state index is 0.0664. The molecule has 2 heterocycles. The Morgan fingerprint density at radius 2 is 1.95 bits per heavy atom. The number of ether oxygens (including phenoxy) is 1. The molecule has 2 aromatic rings. The van der Waals surface area contributed by atoms with Gasteiger partial charge in [0, 0.05) is 37.0 Å². The van der Waals surface area contributed by atoms with Crippen LogP contribution in [0.1, 0.15) is 38.3 Å². The SMILES string of the molecule is C[C@H]1COCCN1c1cc(C2(S(=O)(=O)CCCO)CCC2)nc(-c2ccc(NC(=O)NCCO)cc2)n1. The van der Waals surface area contributed by atoms with E-state index in [4.69, 9.17) is 19.8 Å². The van der Waals surface area contributed by atoms with Gasteiger partial charge in [-0.3, -0.25) is 0 Å². The predicted molar refractivity (Wildman–Crippen MR) is 140 cm³/mol. The summed E-state index contributed by atoms with van der Waals surface area (Å²) in [4.78, 5) is 23.6. The molecule has 1 saturated carbocycles. The molecular weight excluding hydrogens is 498 g/mol. The number of urea groups is 1. The maximum Gasteiger partial charge on any atom is 0.319 e. The molecule has 4 rings (SSSR count). The van der Waals surface area contributed by atoms with Crippen molar-refractivity contribution in [3.05, 3.63) is 36.0 Å². The molecule has 0 bridgehead atoms. The quantitative estimate of drug-likeness (QED) is 0.357. The van der Waals surface area contributed by atoms with Crippen LogP contribution in [0.5, 0.6) is 0 Å². The first-order valence-corrected chi connectivity index (χ1v) is 14.3. The van der Waals surface area contributed by atoms with Crippen LogP contribution in [0.15, 0.2) is 30.3 Å². The highest BCUT2D eigenvalue weighted by atomic mass is 32.2. The van der Waals surface area contributed by atoms with Gasteiger partial charge in [-0.25, -0.2) is 23.2 Å². The van der Waals surface area contributed by atoms with Crippen LogP contribution < -0.4 is 15.5 Å². The molecule has 0 radical (unpaired) electrons. The largest absolute Gasteiger partial charge is 0.396 e. The van der Waals surface area contributed by atoms with E-state index < -0.39 is 20.6 Å². The molecular formula is C25H35N5O6S. The highest BCUT2D eigenvalue weighted by molar-refractivity contribution is 7.92. The summed E-state index contributed by atoms with van der Waals surface area (Å²) in [5.74, 6) is 0.973. The molecule has 2 fully saturated rings. The molecule has 4 N–H and O–H groups in total. The van der Waals surface area contributed by atoms with Crippen molar-refractivity contribution >= 4 is 27.4 Å². The summed E-state index contributed by atoms with van der Waals surface area (Å²) in [6, 6.07) is 8.45. The van der Waals surface area contributed by atoms with Crippen molar-refractivity contribution in [1.82, 2.24) is 15.3 Å². The monoisotopic (exact) mass is 533 g/mol. The number of hydrogen-bond acceptors (Lipinski definition) is 9. The molecule has 0 spiro atoms. The second-order valence-corrected chi connectivity index (χ2v) is 11.9. The summed E-state index contributed by atoms with van der Waals surface area (Å²) in [7, 11) is -3.55. The van der Waals surface area contributed by atoms with Crippen LogP contribution in [0, 0.1) is 0 Å². The Hall–Kier alpha value is -2.80. The van der Waals surface area contributed by atoms with E-state index in [2.05, 4.69) is 15.5 Å². The van der Waals surface area contributed by atoms with Gasteiger partial charge in [-0.1, -0.05) is 0 Å². The van der Waals surface area contributed by atoms with Gasteiger partial charge in [0.2, 0.25) is 0 Å². The number of nitrogens with zero attached hydrogens (tertiary/aromatic N) is 3. The number of carbonyl (C=O) groups excluding carboxylic acids is 1. The number of amides is 2. The summed E-state index contributed by atoms with van der Waals surface area (Å²) in [6.45, 7) is 3.59. The Bertz CT molecular complexity index is 1190. The molecule has 0 unspecified atom stereocenters. The van der Waals surface area contributed by atoms with Crippen molar-refractivity contribution in [2.45, 2.75) is 43.4 Å². The predicted octanol–water partition coefficient (Wildman–Crippen LogP) is 1.66. The Morgan fingerprint density at radius 3 is 2.57 bits per heavy atom. The van der Waals surface area contributed by atoms with E-state index in [1.165, 1.54) is 0 Å². The Kier molecular flexibility index (Phi) is 8.63. The van der Waals surface area contributed by atoms with Crippen LogP contribution in [0.3, 0.4) is 0 Å². The lowest BCUT2D eigenvalue weighted by Gasteiger charge is -2.41. The number of aliphatic hydroxyl groups excluding tert-OH is 2. The first-order valence-electron chi connectivity index (χ1n) is 12.6. The average Bonchev–Trinajstić information content (AvgIpc) is 2.86. The van der Waals surface area contributed by atoms with Crippen molar-refractivity contribution in [1.29, 1.82) is 0 Å². The molecule has 37 heavy (non-hydrogen) atoms. The third kappa shape index (κ3) is 5.87. The van der Waals surface area contributed by atoms with E-state index in [9.17, 15) is 18.3 Å². The summed E-state index contributed by atoms with van der Waals surface area (Å²) in [5.41, 5.74) is 1.73. The van der Waals surface area contributed by atoms with Crippen LogP contribution in [-0.4, -0.2) is 85.9 Å². The highest BCUT2D eigenvalue weighted by Gasteiger charge is 2.51. The molecule has 1 atom stereocenters. The average molecular weight is 534 g/mol. The van der Waals surface area contributed by atoms with E-state index in [-0.39, 0.29) is 38.0 Å². The van der Waals surface area contributed by atoms with Crippen molar-refractivity contribution in [3.8, 4) is 11.4 Å². The lowest BCUT2D eigenvalue weighted by atomic mass is 9.81. The van der Waals surface area contributed by atoms with Gasteiger partial charge in [0.15, 0.2) is 15.7 Å². The zero-order chi connectivity index (χ0) is 26.5. The fraction of sp³-hybridized carbons (Fsp3) is 0.560. The first-order chi connectivity index (χ1) is 17.8. The van der Waals surface area contributed by atoms with Crippen LogP contribution in [0.4, 0.5) is 16.3 Å². The molecule has 1 aliphatic carbocycles. The molecule has 2 amide bonds. The molecule has 2 aliphatic rings. The molecule has 12 heteroatoms. The van der Waals surface area contributed by atoms with Crippen molar-refractivity contribution in [2.24, 2.45) is 0 Å². The van der Waals surface area contributed by atoms with Gasteiger partial charge in [0.25, 0.3) is 0 Å². The van der Waals surface area contributed by atoms with Gasteiger partial charge in [-0.2, -0.15) is 0 Å². The number of carbonyl (C=O) groups is 1. The number of sulfone groups is 1. The minimum Gasteiger partial charge on any atom is -0.396 e. The summed E-state index contributed by atoms with van der Waals surface area (Å²) >= 11 is 0. The zero-order valence-corrected chi connectivity index (χ0v) is 21.8. The smallest absolute Gasteiger partial charge is 0.319 e. The molecule has 11 nitrogen and oxygen atoms in total. The number of aromatic nitrogens is 2. The Balaban J connectivity index is 1.72. The highest BCUT2D eigenvalue weighted by Crippen LogP contribution is 2.49. The normalized spacial score (nSPS) is 19.2. The fourth-order valence-corrected chi connectivity index (χ4v) is 6.97. The van der Waals surface area contributed by atoms with Crippen LogP contribution in [0.2, 0.25) is 0 Å². The summed E-state index contributed by atoms with van der Waals surface area (Å²) in [6.07, 6.45) is 1.96. The fourth-order valence-electron chi connectivity index (χ4n) is 4.73. The van der Waals surface area contributed by atoms with E-state index in [1.54, 1.807) is 24.3 Å². The van der Waals surface area contributed by atoms with E-state index in [0.717, 1.165) is 6.42 Å². The number of anilines is 2. The minimum atomic E-state index is -3.55. The van der Waals surface area contributed by atoms with Gasteiger partial charge in [0.05, 0.1) is 37.3 Å². The van der Waals surface area contributed by atoms with Gasteiger partial charge in [-0.05, 0) is 56.9 Å². The molecule has 1 aromatic heterocycles. The van der Waals surface area contributed by atoms with Crippen LogP contribution >= 0.6 is 0 Å². The van der Waals surface area contributed by atoms with E-state index >= 15 is 0 Å². The van der Waals surface area contributed by atoms with Crippen molar-refractivity contribution < 1.29 is 28.2 Å².